The molecule has 94 valence electrons. The van der Waals surface area contributed by atoms with Crippen LogP contribution in [0.5, 0.6) is 0 Å². The summed E-state index contributed by atoms with van der Waals surface area (Å²) in [6.07, 6.45) is 0.233. The first-order valence-electron chi connectivity index (χ1n) is 5.08. The van der Waals surface area contributed by atoms with Crippen LogP contribution in [0.2, 0.25) is 0 Å². The largest absolute Gasteiger partial charge is 0.314 e. The predicted molar refractivity (Wildman–Crippen MR) is 59.9 cm³/mol. The smallest absolute Gasteiger partial charge is 0.275 e. The molecule has 0 unspecified atom stereocenters. The zero-order chi connectivity index (χ0) is 13.2. The van der Waals surface area contributed by atoms with E-state index in [2.05, 4.69) is 5.32 Å². The number of benzene rings is 1. The molecule has 0 radical (unpaired) electrons. The van der Waals surface area contributed by atoms with Gasteiger partial charge in [-0.15, -0.1) is 0 Å². The van der Waals surface area contributed by atoms with Crippen molar-refractivity contribution in [3.63, 3.8) is 0 Å². The van der Waals surface area contributed by atoms with Crippen molar-refractivity contribution >= 4 is 5.69 Å². The third-order valence-electron chi connectivity index (χ3n) is 2.63. The van der Waals surface area contributed by atoms with Gasteiger partial charge in [-0.3, -0.25) is 10.1 Å². The van der Waals surface area contributed by atoms with E-state index in [9.17, 15) is 18.9 Å². The third kappa shape index (κ3) is 3.20. The minimum Gasteiger partial charge on any atom is -0.314 e. The van der Waals surface area contributed by atoms with Crippen LogP contribution < -0.4 is 5.32 Å². The Kier molecular flexibility index (Phi) is 3.77. The SMILES string of the molecule is CNC(C)(C)Cc1cc(F)c(F)cc1[N+](=O)[O-]. The lowest BCUT2D eigenvalue weighted by Crippen LogP contribution is -2.38. The zero-order valence-electron chi connectivity index (χ0n) is 9.88. The van der Waals surface area contributed by atoms with Crippen LogP contribution in [-0.4, -0.2) is 17.5 Å². The number of nitrogens with one attached hydrogen (secondary N) is 1. The van der Waals surface area contributed by atoms with Gasteiger partial charge in [0.15, 0.2) is 11.6 Å². The van der Waals surface area contributed by atoms with Crippen molar-refractivity contribution in [3.8, 4) is 0 Å². The highest BCUT2D eigenvalue weighted by Crippen LogP contribution is 2.25. The molecule has 0 spiro atoms. The highest BCUT2D eigenvalue weighted by molar-refractivity contribution is 5.42. The minimum absolute atomic E-state index is 0.174. The Morgan fingerprint density at radius 1 is 1.35 bits per heavy atom. The first kappa shape index (κ1) is 13.5. The number of nitrogens with zero attached hydrogens (tertiary/aromatic N) is 1. The number of rotatable bonds is 4. The molecule has 0 atom stereocenters. The van der Waals surface area contributed by atoms with Gasteiger partial charge in [-0.05, 0) is 33.4 Å². The molecule has 4 nitrogen and oxygen atoms in total. The third-order valence-corrected chi connectivity index (χ3v) is 2.63. The van der Waals surface area contributed by atoms with E-state index in [4.69, 9.17) is 0 Å². The number of hydrogen-bond donors (Lipinski definition) is 1. The number of halogens is 2. The topological polar surface area (TPSA) is 55.2 Å². The molecular formula is C11H14F2N2O2. The average molecular weight is 244 g/mol. The lowest BCUT2D eigenvalue weighted by atomic mass is 9.94. The van der Waals surface area contributed by atoms with Gasteiger partial charge in [0.2, 0.25) is 0 Å². The van der Waals surface area contributed by atoms with E-state index in [0.29, 0.717) is 6.07 Å². The molecule has 0 aliphatic heterocycles. The molecule has 0 aromatic heterocycles. The van der Waals surface area contributed by atoms with E-state index in [0.717, 1.165) is 6.07 Å². The first-order chi connectivity index (χ1) is 7.76. The molecule has 0 heterocycles. The van der Waals surface area contributed by atoms with Crippen molar-refractivity contribution in [1.82, 2.24) is 5.32 Å². The molecule has 0 aliphatic rings. The second-order valence-electron chi connectivity index (χ2n) is 4.46. The van der Waals surface area contributed by atoms with Gasteiger partial charge in [0, 0.05) is 11.1 Å². The Morgan fingerprint density at radius 3 is 2.35 bits per heavy atom. The van der Waals surface area contributed by atoms with E-state index in [1.165, 1.54) is 0 Å². The van der Waals surface area contributed by atoms with Crippen molar-refractivity contribution in [2.75, 3.05) is 7.05 Å². The van der Waals surface area contributed by atoms with Crippen LogP contribution in [0, 0.1) is 21.7 Å². The van der Waals surface area contributed by atoms with E-state index >= 15 is 0 Å². The maximum Gasteiger partial charge on any atom is 0.275 e. The number of likely N-dealkylation sites (N-methyl/N-ethyl adjacent to an activating group) is 1. The fraction of sp³-hybridized carbons (Fsp3) is 0.455. The van der Waals surface area contributed by atoms with Gasteiger partial charge in [0.25, 0.3) is 5.69 Å². The lowest BCUT2D eigenvalue weighted by Gasteiger charge is -2.23. The second kappa shape index (κ2) is 4.75. The fourth-order valence-electron chi connectivity index (χ4n) is 1.45. The van der Waals surface area contributed by atoms with Crippen molar-refractivity contribution in [2.24, 2.45) is 0 Å². The number of nitro benzene ring substituents is 1. The fourth-order valence-corrected chi connectivity index (χ4v) is 1.45. The predicted octanol–water partition coefficient (Wildman–Crippen LogP) is 2.41. The van der Waals surface area contributed by atoms with Crippen LogP contribution in [0.1, 0.15) is 19.4 Å². The molecule has 1 aromatic carbocycles. The Hall–Kier alpha value is -1.56. The van der Waals surface area contributed by atoms with Gasteiger partial charge in [0.1, 0.15) is 0 Å². The minimum atomic E-state index is -1.21. The Balaban J connectivity index is 3.22. The summed E-state index contributed by atoms with van der Waals surface area (Å²) in [5.74, 6) is -2.28. The molecule has 0 saturated heterocycles. The standard InChI is InChI=1S/C11H14F2N2O2/c1-11(2,14-3)6-7-4-8(12)9(13)5-10(7)15(16)17/h4-5,14H,6H2,1-3H3. The second-order valence-corrected chi connectivity index (χ2v) is 4.46. The molecule has 17 heavy (non-hydrogen) atoms. The van der Waals surface area contributed by atoms with Crippen LogP contribution in [0.25, 0.3) is 0 Å². The first-order valence-corrected chi connectivity index (χ1v) is 5.08. The quantitative estimate of drug-likeness (QED) is 0.653. The van der Waals surface area contributed by atoms with E-state index in [1.807, 2.05) is 13.8 Å². The maximum absolute atomic E-state index is 13.1. The number of hydrogen-bond acceptors (Lipinski definition) is 3. The van der Waals surface area contributed by atoms with Gasteiger partial charge in [-0.2, -0.15) is 0 Å². The summed E-state index contributed by atoms with van der Waals surface area (Å²) in [6.45, 7) is 3.63. The molecule has 0 saturated carbocycles. The normalized spacial score (nSPS) is 11.6. The molecule has 1 rings (SSSR count). The maximum atomic E-state index is 13.1. The summed E-state index contributed by atoms with van der Waals surface area (Å²) in [5, 5.41) is 13.7. The van der Waals surface area contributed by atoms with Crippen LogP contribution in [0.4, 0.5) is 14.5 Å². The van der Waals surface area contributed by atoms with Crippen molar-refractivity contribution in [2.45, 2.75) is 25.8 Å². The molecular weight excluding hydrogens is 230 g/mol. The van der Waals surface area contributed by atoms with Crippen molar-refractivity contribution < 1.29 is 13.7 Å². The summed E-state index contributed by atoms with van der Waals surface area (Å²) < 4.78 is 26.0. The highest BCUT2D eigenvalue weighted by atomic mass is 19.2. The molecule has 0 amide bonds. The van der Waals surface area contributed by atoms with Crippen molar-refractivity contribution in [3.05, 3.63) is 39.4 Å². The van der Waals surface area contributed by atoms with Crippen LogP contribution in [0.15, 0.2) is 12.1 Å². The van der Waals surface area contributed by atoms with E-state index in [-0.39, 0.29) is 12.0 Å². The van der Waals surface area contributed by atoms with Crippen molar-refractivity contribution in [1.29, 1.82) is 0 Å². The lowest BCUT2D eigenvalue weighted by molar-refractivity contribution is -0.385. The Bertz CT molecular complexity index is 447. The van der Waals surface area contributed by atoms with Gasteiger partial charge in [-0.1, -0.05) is 0 Å². The summed E-state index contributed by atoms with van der Waals surface area (Å²) in [4.78, 5) is 10.1. The summed E-state index contributed by atoms with van der Waals surface area (Å²) in [6, 6.07) is 1.50. The Morgan fingerprint density at radius 2 is 1.88 bits per heavy atom. The number of nitro groups is 1. The van der Waals surface area contributed by atoms with Crippen LogP contribution in [0.3, 0.4) is 0 Å². The average Bonchev–Trinajstić information content (AvgIpc) is 2.22. The molecule has 0 bridgehead atoms. The van der Waals surface area contributed by atoms with Crippen LogP contribution >= 0.6 is 0 Å². The van der Waals surface area contributed by atoms with Crippen LogP contribution in [-0.2, 0) is 6.42 Å². The molecule has 1 N–H and O–H groups in total. The highest BCUT2D eigenvalue weighted by Gasteiger charge is 2.24. The van der Waals surface area contributed by atoms with E-state index in [1.54, 1.807) is 7.05 Å². The molecule has 6 heteroatoms. The summed E-state index contributed by atoms with van der Waals surface area (Å²) in [7, 11) is 1.70. The summed E-state index contributed by atoms with van der Waals surface area (Å²) in [5.41, 5.74) is -0.657. The van der Waals surface area contributed by atoms with Gasteiger partial charge >= 0.3 is 0 Å². The molecule has 1 aromatic rings. The Labute approximate surface area is 97.8 Å². The zero-order valence-corrected chi connectivity index (χ0v) is 9.88. The van der Waals surface area contributed by atoms with Gasteiger partial charge in [-0.25, -0.2) is 8.78 Å². The summed E-state index contributed by atoms with van der Waals surface area (Å²) >= 11 is 0. The van der Waals surface area contributed by atoms with Gasteiger partial charge < -0.3 is 5.32 Å². The van der Waals surface area contributed by atoms with E-state index < -0.39 is 27.8 Å². The van der Waals surface area contributed by atoms with Gasteiger partial charge in [0.05, 0.1) is 11.0 Å². The molecule has 0 aliphatic carbocycles. The monoisotopic (exact) mass is 244 g/mol. The molecule has 0 fully saturated rings.